The minimum Gasteiger partial charge on any atom is -0.495 e. The van der Waals surface area contributed by atoms with E-state index in [9.17, 15) is 17.6 Å². The first-order chi connectivity index (χ1) is 17.8. The molecule has 190 valence electrons. The van der Waals surface area contributed by atoms with E-state index in [1.165, 1.54) is 48.4 Å². The van der Waals surface area contributed by atoms with E-state index >= 15 is 0 Å². The zero-order chi connectivity index (χ0) is 26.4. The number of nitriles is 1. The molecular formula is C25H21FN4O5S2. The second kappa shape index (κ2) is 11.3. The van der Waals surface area contributed by atoms with Gasteiger partial charge in [0.05, 0.1) is 41.6 Å². The lowest BCUT2D eigenvalue weighted by Crippen LogP contribution is -2.34. The topological polar surface area (TPSA) is 126 Å². The number of rotatable bonds is 10. The van der Waals surface area contributed by atoms with E-state index in [1.807, 2.05) is 6.07 Å². The number of benzene rings is 3. The Labute approximate surface area is 216 Å². The molecule has 4 rings (SSSR count). The van der Waals surface area contributed by atoms with Gasteiger partial charge in [0.15, 0.2) is 5.58 Å². The van der Waals surface area contributed by atoms with E-state index in [0.717, 1.165) is 11.8 Å². The van der Waals surface area contributed by atoms with Crippen molar-refractivity contribution < 1.29 is 26.8 Å². The predicted octanol–water partition coefficient (Wildman–Crippen LogP) is 4.82. The summed E-state index contributed by atoms with van der Waals surface area (Å²) in [4.78, 5) is 18.3. The first kappa shape index (κ1) is 26.0. The van der Waals surface area contributed by atoms with Crippen LogP contribution in [-0.4, -0.2) is 38.7 Å². The van der Waals surface area contributed by atoms with Gasteiger partial charge in [0.25, 0.3) is 15.2 Å². The molecule has 0 saturated heterocycles. The van der Waals surface area contributed by atoms with Crippen molar-refractivity contribution in [3.8, 4) is 11.8 Å². The van der Waals surface area contributed by atoms with Gasteiger partial charge in [-0.05, 0) is 42.5 Å². The minimum atomic E-state index is -3.95. The van der Waals surface area contributed by atoms with Crippen LogP contribution in [-0.2, 0) is 14.8 Å². The van der Waals surface area contributed by atoms with Crippen molar-refractivity contribution in [2.24, 2.45) is 0 Å². The van der Waals surface area contributed by atoms with E-state index in [4.69, 9.17) is 14.4 Å². The number of halogens is 1. The van der Waals surface area contributed by atoms with Gasteiger partial charge in [0, 0.05) is 6.54 Å². The van der Waals surface area contributed by atoms with Crippen LogP contribution in [0.3, 0.4) is 0 Å². The lowest BCUT2D eigenvalue weighted by atomic mass is 10.2. The highest BCUT2D eigenvalue weighted by molar-refractivity contribution is 7.99. The Kier molecular flexibility index (Phi) is 7.95. The van der Waals surface area contributed by atoms with Crippen molar-refractivity contribution in [1.29, 1.82) is 5.26 Å². The third-order valence-electron chi connectivity index (χ3n) is 5.21. The van der Waals surface area contributed by atoms with Gasteiger partial charge >= 0.3 is 0 Å². The number of nitrogens with one attached hydrogen (secondary N) is 1. The highest BCUT2D eigenvalue weighted by atomic mass is 32.2. The number of carbonyl (C=O) groups is 1. The lowest BCUT2D eigenvalue weighted by Gasteiger charge is -2.21. The molecule has 9 nitrogen and oxygen atoms in total. The molecule has 1 amide bonds. The van der Waals surface area contributed by atoms with Gasteiger partial charge in [0.1, 0.15) is 17.1 Å². The minimum absolute atomic E-state index is 0.0325. The molecule has 0 saturated carbocycles. The maximum atomic E-state index is 14.3. The Morgan fingerprint density at radius 2 is 1.95 bits per heavy atom. The average molecular weight is 541 g/mol. The number of ether oxygens (including phenoxy) is 1. The third-order valence-corrected chi connectivity index (χ3v) is 7.39. The van der Waals surface area contributed by atoms with E-state index in [2.05, 4.69) is 9.71 Å². The van der Waals surface area contributed by atoms with E-state index < -0.39 is 21.7 Å². The summed E-state index contributed by atoms with van der Waals surface area (Å²) in [6.07, 6.45) is 0.0355. The maximum Gasteiger partial charge on any atom is 0.262 e. The molecule has 0 atom stereocenters. The zero-order valence-corrected chi connectivity index (χ0v) is 21.2. The van der Waals surface area contributed by atoms with Crippen LogP contribution < -0.4 is 14.4 Å². The van der Waals surface area contributed by atoms with Gasteiger partial charge in [-0.3, -0.25) is 9.52 Å². The van der Waals surface area contributed by atoms with Crippen molar-refractivity contribution in [1.82, 2.24) is 4.98 Å². The van der Waals surface area contributed by atoms with Crippen molar-refractivity contribution in [3.05, 3.63) is 72.5 Å². The van der Waals surface area contributed by atoms with E-state index in [-0.39, 0.29) is 45.7 Å². The SMILES string of the molecule is COc1ccccc1NS(=O)(=O)c1ccc2oc(SCC(=O)N(CCC#N)c3ccccc3F)nc2c1. The summed E-state index contributed by atoms with van der Waals surface area (Å²) < 4.78 is 53.5. The van der Waals surface area contributed by atoms with Gasteiger partial charge in [-0.15, -0.1) is 0 Å². The Bertz CT molecular complexity index is 1580. The van der Waals surface area contributed by atoms with Crippen LogP contribution in [0.4, 0.5) is 15.8 Å². The molecule has 12 heteroatoms. The van der Waals surface area contributed by atoms with Crippen LogP contribution in [0.25, 0.3) is 11.1 Å². The van der Waals surface area contributed by atoms with Crippen molar-refractivity contribution in [3.63, 3.8) is 0 Å². The largest absolute Gasteiger partial charge is 0.495 e. The number of amides is 1. The number of para-hydroxylation sites is 3. The third kappa shape index (κ3) is 6.02. The molecule has 1 aromatic heterocycles. The molecule has 1 heterocycles. The number of oxazole rings is 1. The molecular weight excluding hydrogens is 519 g/mol. The summed E-state index contributed by atoms with van der Waals surface area (Å²) in [6, 6.07) is 18.6. The Morgan fingerprint density at radius 1 is 1.19 bits per heavy atom. The molecule has 1 N–H and O–H groups in total. The quantitative estimate of drug-likeness (QED) is 0.284. The molecule has 0 aliphatic rings. The number of hydrogen-bond acceptors (Lipinski definition) is 8. The first-order valence-electron chi connectivity index (χ1n) is 10.9. The monoisotopic (exact) mass is 540 g/mol. The fourth-order valence-electron chi connectivity index (χ4n) is 3.46. The van der Waals surface area contributed by atoms with Crippen LogP contribution in [0.15, 0.2) is 81.3 Å². The summed E-state index contributed by atoms with van der Waals surface area (Å²) in [6.45, 7) is 0.0325. The molecule has 37 heavy (non-hydrogen) atoms. The molecule has 0 aliphatic carbocycles. The van der Waals surface area contributed by atoms with Gasteiger partial charge in [-0.2, -0.15) is 5.26 Å². The average Bonchev–Trinajstić information content (AvgIpc) is 3.31. The number of carbonyl (C=O) groups excluding carboxylic acids is 1. The van der Waals surface area contributed by atoms with Gasteiger partial charge in [-0.1, -0.05) is 36.0 Å². The summed E-state index contributed by atoms with van der Waals surface area (Å²) in [7, 11) is -2.51. The zero-order valence-electron chi connectivity index (χ0n) is 19.5. The standard InChI is InChI=1S/C25H21FN4O5S2/c1-34-22-10-5-3-8-19(22)29-37(32,33)17-11-12-23-20(15-17)28-25(35-23)36-16-24(31)30(14-6-13-27)21-9-4-2-7-18(21)26/h2-5,7-12,15,29H,6,14,16H2,1H3. The van der Waals surface area contributed by atoms with Crippen molar-refractivity contribution >= 4 is 50.2 Å². The van der Waals surface area contributed by atoms with Crippen LogP contribution in [0.2, 0.25) is 0 Å². The predicted molar refractivity (Wildman–Crippen MR) is 138 cm³/mol. The summed E-state index contributed by atoms with van der Waals surface area (Å²) >= 11 is 0.982. The Balaban J connectivity index is 1.50. The van der Waals surface area contributed by atoms with Crippen LogP contribution in [0.1, 0.15) is 6.42 Å². The van der Waals surface area contributed by atoms with Gasteiger partial charge < -0.3 is 14.1 Å². The van der Waals surface area contributed by atoms with Gasteiger partial charge in [0.2, 0.25) is 5.91 Å². The summed E-state index contributed by atoms with van der Waals surface area (Å²) in [5.74, 6) is -0.767. The van der Waals surface area contributed by atoms with Crippen LogP contribution in [0, 0.1) is 17.1 Å². The van der Waals surface area contributed by atoms with Crippen molar-refractivity contribution in [2.75, 3.05) is 29.0 Å². The molecule has 3 aromatic carbocycles. The number of nitrogens with zero attached hydrogens (tertiary/aromatic N) is 3. The van der Waals surface area contributed by atoms with Crippen LogP contribution >= 0.6 is 11.8 Å². The molecule has 0 bridgehead atoms. The van der Waals surface area contributed by atoms with Crippen molar-refractivity contribution in [2.45, 2.75) is 16.5 Å². The maximum absolute atomic E-state index is 14.3. The Hall–Kier alpha value is -4.08. The molecule has 0 unspecified atom stereocenters. The molecule has 4 aromatic rings. The number of methoxy groups -OCH3 is 1. The van der Waals surface area contributed by atoms with E-state index in [1.54, 1.807) is 30.3 Å². The summed E-state index contributed by atoms with van der Waals surface area (Å²) in [5.41, 5.74) is 0.990. The van der Waals surface area contributed by atoms with Crippen LogP contribution in [0.5, 0.6) is 5.75 Å². The molecule has 0 spiro atoms. The number of aromatic nitrogens is 1. The highest BCUT2D eigenvalue weighted by Gasteiger charge is 2.21. The molecule has 0 radical (unpaired) electrons. The number of anilines is 2. The lowest BCUT2D eigenvalue weighted by molar-refractivity contribution is -0.116. The normalized spacial score (nSPS) is 11.2. The molecule has 0 aliphatic heterocycles. The molecule has 0 fully saturated rings. The second-order valence-corrected chi connectivity index (χ2v) is 10.2. The Morgan fingerprint density at radius 3 is 2.70 bits per heavy atom. The number of thioether (sulfide) groups is 1. The number of sulfonamides is 1. The highest BCUT2D eigenvalue weighted by Crippen LogP contribution is 2.29. The smallest absolute Gasteiger partial charge is 0.262 e. The fraction of sp³-hybridized carbons (Fsp3) is 0.160. The first-order valence-corrected chi connectivity index (χ1v) is 13.4. The van der Waals surface area contributed by atoms with E-state index in [0.29, 0.717) is 11.3 Å². The van der Waals surface area contributed by atoms with Gasteiger partial charge in [-0.25, -0.2) is 17.8 Å². The number of fused-ring (bicyclic) bond motifs is 1. The fourth-order valence-corrected chi connectivity index (χ4v) is 5.27. The second-order valence-electron chi connectivity index (χ2n) is 7.61. The summed E-state index contributed by atoms with van der Waals surface area (Å²) in [5, 5.41) is 9.07. The number of hydrogen-bond donors (Lipinski definition) is 1.